The van der Waals surface area contributed by atoms with Gasteiger partial charge < -0.3 is 10.5 Å². The Morgan fingerprint density at radius 3 is 2.30 bits per heavy atom. The number of rotatable bonds is 4. The average molecular weight is 292 g/mol. The van der Waals surface area contributed by atoms with E-state index in [1.54, 1.807) is 30.3 Å². The van der Waals surface area contributed by atoms with Gasteiger partial charge in [0.2, 0.25) is 0 Å². The van der Waals surface area contributed by atoms with Crippen molar-refractivity contribution in [2.24, 2.45) is 0 Å². The zero-order chi connectivity index (χ0) is 14.8. The second kappa shape index (κ2) is 5.42. The van der Waals surface area contributed by atoms with Crippen LogP contribution in [0.25, 0.3) is 0 Å². The lowest BCUT2D eigenvalue weighted by Crippen LogP contribution is -2.14. The number of methoxy groups -OCH3 is 1. The highest BCUT2D eigenvalue weighted by Crippen LogP contribution is 2.24. The van der Waals surface area contributed by atoms with Crippen LogP contribution >= 0.6 is 0 Å². The van der Waals surface area contributed by atoms with Crippen LogP contribution in [-0.4, -0.2) is 15.5 Å². The third-order valence-electron chi connectivity index (χ3n) is 2.82. The van der Waals surface area contributed by atoms with Crippen LogP contribution in [0.5, 0.6) is 5.75 Å². The first-order valence-corrected chi connectivity index (χ1v) is 7.44. The zero-order valence-corrected chi connectivity index (χ0v) is 12.1. The molecule has 0 amide bonds. The molecular weight excluding hydrogens is 276 g/mol. The van der Waals surface area contributed by atoms with Crippen LogP contribution in [0.2, 0.25) is 0 Å². The van der Waals surface area contributed by atoms with Gasteiger partial charge in [-0.1, -0.05) is 6.07 Å². The molecule has 6 heteroatoms. The molecule has 0 aliphatic heterocycles. The third-order valence-corrected chi connectivity index (χ3v) is 4.20. The molecule has 0 heterocycles. The van der Waals surface area contributed by atoms with Crippen LogP contribution < -0.4 is 15.2 Å². The van der Waals surface area contributed by atoms with Gasteiger partial charge in [0.25, 0.3) is 10.0 Å². The summed E-state index contributed by atoms with van der Waals surface area (Å²) in [6, 6.07) is 11.3. The molecule has 0 atom stereocenters. The van der Waals surface area contributed by atoms with Gasteiger partial charge in [-0.3, -0.25) is 4.72 Å². The summed E-state index contributed by atoms with van der Waals surface area (Å²) in [5, 5.41) is 0. The fourth-order valence-electron chi connectivity index (χ4n) is 1.73. The Kier molecular flexibility index (Phi) is 3.85. The summed E-state index contributed by atoms with van der Waals surface area (Å²) in [6.45, 7) is 1.89. The first-order chi connectivity index (χ1) is 9.42. The van der Waals surface area contributed by atoms with Crippen molar-refractivity contribution in [1.82, 2.24) is 0 Å². The molecule has 0 aliphatic rings. The van der Waals surface area contributed by atoms with E-state index in [9.17, 15) is 8.42 Å². The van der Waals surface area contributed by atoms with E-state index in [-0.39, 0.29) is 4.90 Å². The van der Waals surface area contributed by atoms with Gasteiger partial charge in [0.05, 0.1) is 23.4 Å². The van der Waals surface area contributed by atoms with Crippen molar-refractivity contribution in [2.45, 2.75) is 11.8 Å². The van der Waals surface area contributed by atoms with E-state index < -0.39 is 10.0 Å². The maximum atomic E-state index is 12.2. The third kappa shape index (κ3) is 3.03. The number of nitrogen functional groups attached to an aromatic ring is 1. The first kappa shape index (κ1) is 14.2. The van der Waals surface area contributed by atoms with E-state index in [0.29, 0.717) is 17.1 Å². The molecule has 0 aliphatic carbocycles. The second-order valence-corrected chi connectivity index (χ2v) is 6.05. The van der Waals surface area contributed by atoms with Gasteiger partial charge in [0, 0.05) is 0 Å². The number of hydrogen-bond acceptors (Lipinski definition) is 4. The van der Waals surface area contributed by atoms with Crippen molar-refractivity contribution in [2.75, 3.05) is 17.6 Å². The van der Waals surface area contributed by atoms with E-state index in [1.807, 2.05) is 6.92 Å². The monoisotopic (exact) mass is 292 g/mol. The largest absolute Gasteiger partial charge is 0.497 e. The Balaban J connectivity index is 2.30. The van der Waals surface area contributed by atoms with E-state index in [2.05, 4.69) is 4.72 Å². The SMILES string of the molecule is COc1ccc(S(=O)(=O)Nc2ccc(C)cc2N)cc1. The van der Waals surface area contributed by atoms with Crippen LogP contribution in [0.3, 0.4) is 0 Å². The minimum atomic E-state index is -3.66. The molecule has 2 rings (SSSR count). The van der Waals surface area contributed by atoms with Gasteiger partial charge in [0.15, 0.2) is 0 Å². The smallest absolute Gasteiger partial charge is 0.261 e. The normalized spacial score (nSPS) is 11.1. The van der Waals surface area contributed by atoms with E-state index in [4.69, 9.17) is 10.5 Å². The van der Waals surface area contributed by atoms with Crippen molar-refractivity contribution in [3.63, 3.8) is 0 Å². The predicted octanol–water partition coefficient (Wildman–Crippen LogP) is 2.39. The Morgan fingerprint density at radius 1 is 1.10 bits per heavy atom. The molecule has 106 valence electrons. The number of anilines is 2. The standard InChI is InChI=1S/C14H16N2O3S/c1-10-3-8-14(13(15)9-10)16-20(17,18)12-6-4-11(19-2)5-7-12/h3-9,16H,15H2,1-2H3. The van der Waals surface area contributed by atoms with Crippen molar-refractivity contribution in [3.8, 4) is 5.75 Å². The topological polar surface area (TPSA) is 81.4 Å². The maximum Gasteiger partial charge on any atom is 0.261 e. The summed E-state index contributed by atoms with van der Waals surface area (Å²) < 4.78 is 31.9. The van der Waals surface area contributed by atoms with Crippen molar-refractivity contribution >= 4 is 21.4 Å². The Morgan fingerprint density at radius 2 is 1.75 bits per heavy atom. The second-order valence-electron chi connectivity index (χ2n) is 4.37. The molecule has 2 aromatic carbocycles. The molecular formula is C14H16N2O3S. The Bertz CT molecular complexity index is 710. The van der Waals surface area contributed by atoms with Gasteiger partial charge >= 0.3 is 0 Å². The van der Waals surface area contributed by atoms with Crippen LogP contribution in [0, 0.1) is 6.92 Å². The van der Waals surface area contributed by atoms with E-state index >= 15 is 0 Å². The average Bonchev–Trinajstić information content (AvgIpc) is 2.42. The number of hydrogen-bond donors (Lipinski definition) is 2. The molecule has 0 saturated heterocycles. The molecule has 3 N–H and O–H groups in total. The maximum absolute atomic E-state index is 12.2. The van der Waals surface area contributed by atoms with Gasteiger partial charge in [-0.25, -0.2) is 8.42 Å². The summed E-state index contributed by atoms with van der Waals surface area (Å²) in [6.07, 6.45) is 0. The van der Waals surface area contributed by atoms with Gasteiger partial charge in [0.1, 0.15) is 5.75 Å². The van der Waals surface area contributed by atoms with Crippen LogP contribution in [0.15, 0.2) is 47.4 Å². The number of sulfonamides is 1. The number of nitrogens with one attached hydrogen (secondary N) is 1. The lowest BCUT2D eigenvalue weighted by atomic mass is 10.2. The lowest BCUT2D eigenvalue weighted by Gasteiger charge is -2.11. The van der Waals surface area contributed by atoms with Crippen molar-refractivity contribution < 1.29 is 13.2 Å². The molecule has 5 nitrogen and oxygen atoms in total. The van der Waals surface area contributed by atoms with Gasteiger partial charge in [-0.05, 0) is 48.9 Å². The van der Waals surface area contributed by atoms with Gasteiger partial charge in [-0.2, -0.15) is 0 Å². The van der Waals surface area contributed by atoms with E-state index in [0.717, 1.165) is 5.56 Å². The summed E-state index contributed by atoms with van der Waals surface area (Å²) in [5.41, 5.74) is 7.53. The quantitative estimate of drug-likeness (QED) is 0.848. The number of benzene rings is 2. The molecule has 0 radical (unpaired) electrons. The van der Waals surface area contributed by atoms with Crippen molar-refractivity contribution in [1.29, 1.82) is 0 Å². The molecule has 0 aromatic heterocycles. The highest BCUT2D eigenvalue weighted by Gasteiger charge is 2.15. The first-order valence-electron chi connectivity index (χ1n) is 5.95. The van der Waals surface area contributed by atoms with Crippen molar-refractivity contribution in [3.05, 3.63) is 48.0 Å². The molecule has 0 fully saturated rings. The Hall–Kier alpha value is -2.21. The zero-order valence-electron chi connectivity index (χ0n) is 11.3. The predicted molar refractivity (Wildman–Crippen MR) is 79.4 cm³/mol. The number of aryl methyl sites for hydroxylation is 1. The van der Waals surface area contributed by atoms with E-state index in [1.165, 1.54) is 19.2 Å². The van der Waals surface area contributed by atoms with Crippen LogP contribution in [-0.2, 0) is 10.0 Å². The highest BCUT2D eigenvalue weighted by atomic mass is 32.2. The minimum absolute atomic E-state index is 0.151. The molecule has 20 heavy (non-hydrogen) atoms. The summed E-state index contributed by atoms with van der Waals surface area (Å²) in [5.74, 6) is 0.596. The molecule has 0 saturated carbocycles. The highest BCUT2D eigenvalue weighted by molar-refractivity contribution is 7.92. The summed E-state index contributed by atoms with van der Waals surface area (Å²) in [4.78, 5) is 0.151. The molecule has 0 unspecified atom stereocenters. The van der Waals surface area contributed by atoms with Crippen LogP contribution in [0.4, 0.5) is 11.4 Å². The molecule has 2 aromatic rings. The van der Waals surface area contributed by atoms with Crippen LogP contribution in [0.1, 0.15) is 5.56 Å². The lowest BCUT2D eigenvalue weighted by molar-refractivity contribution is 0.414. The summed E-state index contributed by atoms with van der Waals surface area (Å²) >= 11 is 0. The Labute approximate surface area is 118 Å². The summed E-state index contributed by atoms with van der Waals surface area (Å²) in [7, 11) is -2.14. The molecule has 0 spiro atoms. The van der Waals surface area contributed by atoms with Gasteiger partial charge in [-0.15, -0.1) is 0 Å². The fraction of sp³-hybridized carbons (Fsp3) is 0.143. The fourth-order valence-corrected chi connectivity index (χ4v) is 2.82. The number of ether oxygens (including phenoxy) is 1. The number of nitrogens with two attached hydrogens (primary N) is 1. The molecule has 0 bridgehead atoms. The minimum Gasteiger partial charge on any atom is -0.497 e.